The van der Waals surface area contributed by atoms with Crippen LogP contribution in [0.1, 0.15) is 40.4 Å². The highest BCUT2D eigenvalue weighted by atomic mass is 16.1. The number of nitrogens with zero attached hydrogens (tertiary/aromatic N) is 5. The fraction of sp³-hybridized carbons (Fsp3) is 0.250. The molecule has 5 rings (SSSR count). The standard InChI is InChI=1S/C28H29N7O/c1-19-26(34-28-30-13-9-25(33-28)22-4-3-12-29-17-22)16-23(18-31-19)27(36)32-24-7-5-20(6-8-24)21-10-14-35(2)15-11-21/h3-9,12-13,16-18,21H,10-11,14-15H2,1-2H3,(H,32,36)(H,30,33,34). The first kappa shape index (κ1) is 23.6. The minimum atomic E-state index is -0.220. The molecule has 0 saturated carbocycles. The number of carbonyl (C=O) groups excluding carboxylic acids is 1. The molecule has 4 heterocycles. The lowest BCUT2D eigenvalue weighted by atomic mass is 9.89. The van der Waals surface area contributed by atoms with Crippen molar-refractivity contribution in [2.45, 2.75) is 25.7 Å². The van der Waals surface area contributed by atoms with E-state index in [1.54, 1.807) is 30.9 Å². The van der Waals surface area contributed by atoms with Gasteiger partial charge in [0.15, 0.2) is 0 Å². The summed E-state index contributed by atoms with van der Waals surface area (Å²) in [4.78, 5) is 32.8. The van der Waals surface area contributed by atoms with E-state index in [1.807, 2.05) is 37.3 Å². The van der Waals surface area contributed by atoms with Gasteiger partial charge in [0.2, 0.25) is 5.95 Å². The van der Waals surface area contributed by atoms with E-state index in [4.69, 9.17) is 0 Å². The first-order valence-corrected chi connectivity index (χ1v) is 12.1. The Bertz CT molecular complexity index is 1330. The van der Waals surface area contributed by atoms with Crippen LogP contribution in [-0.2, 0) is 0 Å². The van der Waals surface area contributed by atoms with E-state index in [9.17, 15) is 4.79 Å². The van der Waals surface area contributed by atoms with Gasteiger partial charge in [-0.05, 0) is 87.8 Å². The van der Waals surface area contributed by atoms with Gasteiger partial charge in [-0.2, -0.15) is 0 Å². The highest BCUT2D eigenvalue weighted by molar-refractivity contribution is 6.04. The summed E-state index contributed by atoms with van der Waals surface area (Å²) < 4.78 is 0. The van der Waals surface area contributed by atoms with E-state index < -0.39 is 0 Å². The van der Waals surface area contributed by atoms with Crippen molar-refractivity contribution < 1.29 is 4.79 Å². The molecule has 1 aromatic carbocycles. The van der Waals surface area contributed by atoms with Crippen molar-refractivity contribution in [2.75, 3.05) is 30.8 Å². The van der Waals surface area contributed by atoms with Gasteiger partial charge in [0.1, 0.15) is 0 Å². The molecule has 1 aliphatic rings. The predicted molar refractivity (Wildman–Crippen MR) is 141 cm³/mol. The van der Waals surface area contributed by atoms with Gasteiger partial charge in [-0.1, -0.05) is 12.1 Å². The molecule has 8 heteroatoms. The summed E-state index contributed by atoms with van der Waals surface area (Å²) in [5.41, 5.74) is 5.60. The average molecular weight is 480 g/mol. The van der Waals surface area contributed by atoms with Gasteiger partial charge >= 0.3 is 0 Å². The summed E-state index contributed by atoms with van der Waals surface area (Å²) in [7, 11) is 2.17. The van der Waals surface area contributed by atoms with E-state index in [0.29, 0.717) is 23.1 Å². The number of benzene rings is 1. The van der Waals surface area contributed by atoms with Crippen LogP contribution < -0.4 is 10.6 Å². The number of hydrogen-bond donors (Lipinski definition) is 2. The number of nitrogens with one attached hydrogen (secondary N) is 2. The van der Waals surface area contributed by atoms with E-state index in [2.05, 4.69) is 54.6 Å². The third-order valence-corrected chi connectivity index (χ3v) is 6.57. The molecule has 0 spiro atoms. The zero-order valence-corrected chi connectivity index (χ0v) is 20.5. The van der Waals surface area contributed by atoms with Crippen LogP contribution in [0.2, 0.25) is 0 Å². The Balaban J connectivity index is 1.27. The Morgan fingerprint density at radius 1 is 1.00 bits per heavy atom. The van der Waals surface area contributed by atoms with Gasteiger partial charge in [-0.25, -0.2) is 9.97 Å². The molecule has 1 fully saturated rings. The molecule has 182 valence electrons. The van der Waals surface area contributed by atoms with Crippen LogP contribution >= 0.6 is 0 Å². The summed E-state index contributed by atoms with van der Waals surface area (Å²) in [6.07, 6.45) is 9.08. The number of likely N-dealkylation sites (tertiary alicyclic amines) is 1. The molecule has 36 heavy (non-hydrogen) atoms. The van der Waals surface area contributed by atoms with Crippen molar-refractivity contribution in [3.8, 4) is 11.3 Å². The largest absolute Gasteiger partial charge is 0.323 e. The summed E-state index contributed by atoms with van der Waals surface area (Å²) >= 11 is 0. The van der Waals surface area contributed by atoms with Crippen molar-refractivity contribution in [3.63, 3.8) is 0 Å². The fourth-order valence-electron chi connectivity index (χ4n) is 4.38. The topological polar surface area (TPSA) is 95.9 Å². The van der Waals surface area contributed by atoms with Gasteiger partial charge in [-0.15, -0.1) is 0 Å². The minimum Gasteiger partial charge on any atom is -0.323 e. The van der Waals surface area contributed by atoms with Crippen molar-refractivity contribution in [1.29, 1.82) is 0 Å². The number of hydrogen-bond acceptors (Lipinski definition) is 7. The number of piperidine rings is 1. The number of pyridine rings is 2. The maximum absolute atomic E-state index is 13.0. The molecule has 0 atom stereocenters. The van der Waals surface area contributed by atoms with Crippen LogP contribution in [0.4, 0.5) is 17.3 Å². The molecule has 1 amide bonds. The predicted octanol–water partition coefficient (Wildman–Crippen LogP) is 5.05. The SMILES string of the molecule is Cc1ncc(C(=O)Nc2ccc(C3CCN(C)CC3)cc2)cc1Nc1nccc(-c2cccnc2)n1. The van der Waals surface area contributed by atoms with Crippen molar-refractivity contribution in [2.24, 2.45) is 0 Å². The third kappa shape index (κ3) is 5.55. The minimum absolute atomic E-state index is 0.220. The lowest BCUT2D eigenvalue weighted by Gasteiger charge is -2.29. The molecule has 1 saturated heterocycles. The van der Waals surface area contributed by atoms with E-state index in [0.717, 1.165) is 35.7 Å². The summed E-state index contributed by atoms with van der Waals surface area (Å²) in [6, 6.07) is 15.6. The molecule has 0 radical (unpaired) electrons. The summed E-state index contributed by atoms with van der Waals surface area (Å²) in [6.45, 7) is 4.12. The molecular weight excluding hydrogens is 450 g/mol. The highest BCUT2D eigenvalue weighted by Crippen LogP contribution is 2.28. The molecule has 0 unspecified atom stereocenters. The van der Waals surface area contributed by atoms with Crippen LogP contribution in [0.3, 0.4) is 0 Å². The lowest BCUT2D eigenvalue weighted by molar-refractivity contribution is 0.102. The molecular formula is C28H29N7O. The Hall–Kier alpha value is -4.17. The Labute approximate surface area is 210 Å². The Morgan fingerprint density at radius 2 is 1.81 bits per heavy atom. The second kappa shape index (κ2) is 10.6. The monoisotopic (exact) mass is 479 g/mol. The number of aryl methyl sites for hydroxylation is 1. The number of anilines is 3. The van der Waals surface area contributed by atoms with Gasteiger partial charge in [0.25, 0.3) is 5.91 Å². The maximum atomic E-state index is 13.0. The summed E-state index contributed by atoms with van der Waals surface area (Å²) in [5.74, 6) is 0.783. The van der Waals surface area contributed by atoms with E-state index in [1.165, 1.54) is 18.4 Å². The second-order valence-electron chi connectivity index (χ2n) is 9.14. The average Bonchev–Trinajstić information content (AvgIpc) is 2.91. The van der Waals surface area contributed by atoms with Crippen LogP contribution in [0, 0.1) is 6.92 Å². The first-order valence-electron chi connectivity index (χ1n) is 12.1. The number of carbonyl (C=O) groups is 1. The van der Waals surface area contributed by atoms with Crippen LogP contribution in [0.15, 0.2) is 73.3 Å². The Morgan fingerprint density at radius 3 is 2.56 bits per heavy atom. The van der Waals surface area contributed by atoms with Gasteiger partial charge in [-0.3, -0.25) is 14.8 Å². The molecule has 0 aliphatic carbocycles. The maximum Gasteiger partial charge on any atom is 0.257 e. The van der Waals surface area contributed by atoms with Crippen LogP contribution in [-0.4, -0.2) is 50.9 Å². The molecule has 8 nitrogen and oxygen atoms in total. The highest BCUT2D eigenvalue weighted by Gasteiger charge is 2.18. The molecule has 1 aliphatic heterocycles. The normalized spacial score (nSPS) is 14.4. The van der Waals surface area contributed by atoms with Gasteiger partial charge in [0, 0.05) is 36.0 Å². The van der Waals surface area contributed by atoms with Gasteiger partial charge in [0.05, 0.1) is 22.6 Å². The zero-order valence-electron chi connectivity index (χ0n) is 20.5. The smallest absolute Gasteiger partial charge is 0.257 e. The van der Waals surface area contributed by atoms with E-state index in [-0.39, 0.29) is 5.91 Å². The second-order valence-corrected chi connectivity index (χ2v) is 9.14. The number of aromatic nitrogens is 4. The zero-order chi connectivity index (χ0) is 24.9. The molecule has 0 bridgehead atoms. The lowest BCUT2D eigenvalue weighted by Crippen LogP contribution is -2.29. The third-order valence-electron chi connectivity index (χ3n) is 6.57. The fourth-order valence-corrected chi connectivity index (χ4v) is 4.38. The summed E-state index contributed by atoms with van der Waals surface area (Å²) in [5, 5.41) is 6.18. The van der Waals surface area contributed by atoms with E-state index >= 15 is 0 Å². The van der Waals surface area contributed by atoms with Crippen LogP contribution in [0.25, 0.3) is 11.3 Å². The van der Waals surface area contributed by atoms with Crippen molar-refractivity contribution >= 4 is 23.2 Å². The van der Waals surface area contributed by atoms with Crippen LogP contribution in [0.5, 0.6) is 0 Å². The Kier molecular flexibility index (Phi) is 6.95. The number of rotatable bonds is 6. The van der Waals surface area contributed by atoms with Crippen molar-refractivity contribution in [3.05, 3.63) is 90.1 Å². The molecule has 4 aromatic rings. The first-order chi connectivity index (χ1) is 17.5. The van der Waals surface area contributed by atoms with Gasteiger partial charge < -0.3 is 15.5 Å². The number of amides is 1. The quantitative estimate of drug-likeness (QED) is 0.400. The van der Waals surface area contributed by atoms with Crippen molar-refractivity contribution in [1.82, 2.24) is 24.8 Å². The molecule has 3 aromatic heterocycles. The molecule has 2 N–H and O–H groups in total.